The van der Waals surface area contributed by atoms with Crippen LogP contribution in [0.2, 0.25) is 0 Å². The summed E-state index contributed by atoms with van der Waals surface area (Å²) in [5.41, 5.74) is -0.601. The van der Waals surface area contributed by atoms with E-state index in [4.69, 9.17) is 10.1 Å². The molecule has 6 nitrogen and oxygen atoms in total. The molecule has 0 aromatic carbocycles. The topological polar surface area (TPSA) is 91.3 Å². The lowest BCUT2D eigenvalue weighted by molar-refractivity contribution is -0.121. The largest absolute Gasteiger partial charge is 0.444 e. The van der Waals surface area contributed by atoms with Crippen LogP contribution >= 0.6 is 0 Å². The quantitative estimate of drug-likeness (QED) is 0.517. The van der Waals surface area contributed by atoms with Crippen molar-refractivity contribution in [2.45, 2.75) is 52.7 Å². The molecule has 0 aromatic rings. The molecule has 6 heteroatoms. The van der Waals surface area contributed by atoms with Gasteiger partial charge in [-0.2, -0.15) is 0 Å². The van der Waals surface area contributed by atoms with Crippen LogP contribution in [-0.4, -0.2) is 29.5 Å². The van der Waals surface area contributed by atoms with Gasteiger partial charge in [-0.1, -0.05) is 6.92 Å². The lowest BCUT2D eigenvalue weighted by Crippen LogP contribution is -2.47. The molecule has 17 heavy (non-hydrogen) atoms. The van der Waals surface area contributed by atoms with Gasteiger partial charge < -0.3 is 15.4 Å². The highest BCUT2D eigenvalue weighted by Gasteiger charge is 2.21. The van der Waals surface area contributed by atoms with Crippen LogP contribution < -0.4 is 10.6 Å². The molecule has 0 aromatic heterocycles. The third kappa shape index (κ3) is 7.32. The summed E-state index contributed by atoms with van der Waals surface area (Å²) >= 11 is 0. The van der Waals surface area contributed by atoms with Crippen molar-refractivity contribution in [1.82, 2.24) is 10.6 Å². The Balaban J connectivity index is 4.17. The molecular formula is C11H21N3O3. The monoisotopic (exact) mass is 243 g/mol. The number of carbonyl (C=O) groups is 2. The molecule has 0 heterocycles. The average molecular weight is 243 g/mol. The smallest absolute Gasteiger partial charge is 0.408 e. The molecule has 0 saturated carbocycles. The van der Waals surface area contributed by atoms with Gasteiger partial charge in [-0.15, -0.1) is 0 Å². The second kappa shape index (κ2) is 6.22. The van der Waals surface area contributed by atoms with Crippen LogP contribution in [0.15, 0.2) is 0 Å². The van der Waals surface area contributed by atoms with Gasteiger partial charge in [0.2, 0.25) is 5.91 Å². The molecule has 0 unspecified atom stereocenters. The minimum Gasteiger partial charge on any atom is -0.444 e. The minimum absolute atomic E-state index is 0.118. The Hall–Kier alpha value is -1.59. The van der Waals surface area contributed by atoms with Crippen molar-refractivity contribution in [1.29, 1.82) is 5.41 Å². The second-order valence-corrected chi connectivity index (χ2v) is 4.69. The van der Waals surface area contributed by atoms with Gasteiger partial charge >= 0.3 is 6.09 Å². The number of alkyl carbamates (subject to hydrolysis) is 1. The van der Waals surface area contributed by atoms with Gasteiger partial charge in [0.25, 0.3) is 0 Å². The molecule has 0 saturated heterocycles. The summed E-state index contributed by atoms with van der Waals surface area (Å²) in [4.78, 5) is 22.9. The highest BCUT2D eigenvalue weighted by molar-refractivity contribution is 5.99. The molecule has 0 spiro atoms. The summed E-state index contributed by atoms with van der Waals surface area (Å²) in [5.74, 6) is -0.310. The molecule has 0 aliphatic heterocycles. The molecule has 0 bridgehead atoms. The first-order chi connectivity index (χ1) is 7.65. The van der Waals surface area contributed by atoms with Crippen molar-refractivity contribution in [2.75, 3.05) is 0 Å². The normalized spacial score (nSPS) is 12.5. The van der Waals surface area contributed by atoms with Crippen LogP contribution in [0.25, 0.3) is 0 Å². The third-order valence-electron chi connectivity index (χ3n) is 1.75. The van der Waals surface area contributed by atoms with E-state index in [1.54, 1.807) is 27.7 Å². The molecular weight excluding hydrogens is 222 g/mol. The summed E-state index contributed by atoms with van der Waals surface area (Å²) in [6, 6.07) is -0.739. The number of carbonyl (C=O) groups excluding carboxylic acids is 2. The van der Waals surface area contributed by atoms with E-state index in [0.717, 1.165) is 0 Å². The predicted molar refractivity (Wildman–Crippen MR) is 65.0 cm³/mol. The number of rotatable bonds is 3. The molecule has 0 rings (SSSR count). The summed E-state index contributed by atoms with van der Waals surface area (Å²) in [6.07, 6.45) is -0.214. The van der Waals surface area contributed by atoms with Gasteiger partial charge in [0, 0.05) is 6.42 Å². The summed E-state index contributed by atoms with van der Waals surface area (Å²) < 4.78 is 5.01. The first kappa shape index (κ1) is 15.4. The van der Waals surface area contributed by atoms with Crippen molar-refractivity contribution >= 4 is 17.8 Å². The van der Waals surface area contributed by atoms with E-state index in [9.17, 15) is 9.59 Å². The second-order valence-electron chi connectivity index (χ2n) is 4.69. The first-order valence-corrected chi connectivity index (χ1v) is 5.53. The minimum atomic E-state index is -0.739. The molecule has 0 radical (unpaired) electrons. The zero-order valence-electron chi connectivity index (χ0n) is 11.0. The summed E-state index contributed by atoms with van der Waals surface area (Å²) in [6.45, 7) is 8.51. The van der Waals surface area contributed by atoms with Crippen molar-refractivity contribution in [2.24, 2.45) is 0 Å². The average Bonchev–Trinajstić information content (AvgIpc) is 2.14. The fraction of sp³-hybridized carbons (Fsp3) is 0.727. The van der Waals surface area contributed by atoms with Crippen LogP contribution in [0.4, 0.5) is 4.79 Å². The van der Waals surface area contributed by atoms with Crippen LogP contribution in [0.1, 0.15) is 41.0 Å². The third-order valence-corrected chi connectivity index (χ3v) is 1.75. The fourth-order valence-electron chi connectivity index (χ4n) is 0.895. The Morgan fingerprint density at radius 3 is 2.29 bits per heavy atom. The van der Waals surface area contributed by atoms with Gasteiger partial charge in [-0.3, -0.25) is 10.2 Å². The molecule has 0 aliphatic rings. The number of nitrogens with one attached hydrogen (secondary N) is 3. The molecule has 98 valence electrons. The summed E-state index contributed by atoms with van der Waals surface area (Å²) in [5, 5.41) is 12.1. The Bertz CT molecular complexity index is 308. The zero-order valence-corrected chi connectivity index (χ0v) is 11.0. The van der Waals surface area contributed by atoms with Gasteiger partial charge in [0.1, 0.15) is 11.6 Å². The number of hydrogen-bond acceptors (Lipinski definition) is 4. The molecule has 3 N–H and O–H groups in total. The molecule has 1 atom stereocenters. The number of hydrogen-bond donors (Lipinski definition) is 3. The van der Waals surface area contributed by atoms with E-state index in [1.165, 1.54) is 6.92 Å². The van der Waals surface area contributed by atoms with Crippen molar-refractivity contribution in [3.63, 3.8) is 0 Å². The Morgan fingerprint density at radius 2 is 1.88 bits per heavy atom. The van der Waals surface area contributed by atoms with E-state index in [2.05, 4.69) is 10.6 Å². The Kier molecular flexibility index (Phi) is 5.64. The van der Waals surface area contributed by atoms with Gasteiger partial charge in [-0.05, 0) is 27.7 Å². The van der Waals surface area contributed by atoms with Crippen LogP contribution in [0.5, 0.6) is 0 Å². The predicted octanol–water partition coefficient (Wildman–Crippen LogP) is 1.40. The lowest BCUT2D eigenvalue weighted by atomic mass is 10.2. The summed E-state index contributed by atoms with van der Waals surface area (Å²) in [7, 11) is 0. The van der Waals surface area contributed by atoms with E-state index in [-0.39, 0.29) is 5.84 Å². The van der Waals surface area contributed by atoms with Gasteiger partial charge in [-0.25, -0.2) is 4.79 Å². The van der Waals surface area contributed by atoms with Crippen molar-refractivity contribution in [3.05, 3.63) is 0 Å². The maximum Gasteiger partial charge on any atom is 0.408 e. The number of ether oxygens (including phenoxy) is 1. The van der Waals surface area contributed by atoms with E-state index in [0.29, 0.717) is 6.42 Å². The number of amides is 2. The Labute approximate surface area is 102 Å². The van der Waals surface area contributed by atoms with Gasteiger partial charge in [0.05, 0.1) is 5.84 Å². The highest BCUT2D eigenvalue weighted by atomic mass is 16.6. The van der Waals surface area contributed by atoms with E-state index in [1.807, 2.05) is 0 Å². The maximum absolute atomic E-state index is 11.5. The molecule has 2 amide bonds. The van der Waals surface area contributed by atoms with Crippen LogP contribution in [-0.2, 0) is 9.53 Å². The Morgan fingerprint density at radius 1 is 1.35 bits per heavy atom. The highest BCUT2D eigenvalue weighted by Crippen LogP contribution is 2.06. The zero-order chi connectivity index (χ0) is 13.6. The van der Waals surface area contributed by atoms with Crippen molar-refractivity contribution < 1.29 is 14.3 Å². The fourth-order valence-corrected chi connectivity index (χ4v) is 0.895. The van der Waals surface area contributed by atoms with Gasteiger partial charge in [0.15, 0.2) is 0 Å². The standard InChI is InChI=1S/C11H21N3O3/c1-6-8(12)14-9(15)7(2)13-10(16)17-11(3,4)5/h7H,6H2,1-5H3,(H,13,16)(H2,12,14,15)/t7-/m0/s1. The van der Waals surface area contributed by atoms with Crippen LogP contribution in [0, 0.1) is 5.41 Å². The lowest BCUT2D eigenvalue weighted by Gasteiger charge is -2.21. The van der Waals surface area contributed by atoms with Crippen molar-refractivity contribution in [3.8, 4) is 0 Å². The van der Waals surface area contributed by atoms with Crippen LogP contribution in [0.3, 0.4) is 0 Å². The van der Waals surface area contributed by atoms with E-state index >= 15 is 0 Å². The molecule has 0 aliphatic carbocycles. The number of amidine groups is 1. The van der Waals surface area contributed by atoms with E-state index < -0.39 is 23.6 Å². The maximum atomic E-state index is 11.5. The molecule has 0 fully saturated rings. The first-order valence-electron chi connectivity index (χ1n) is 5.53. The SMILES string of the molecule is CCC(=N)NC(=O)[C@H](C)NC(=O)OC(C)(C)C.